The normalized spacial score (nSPS) is 27.8. The van der Waals surface area contributed by atoms with Gasteiger partial charge in [0, 0.05) is 20.6 Å². The second-order valence-corrected chi connectivity index (χ2v) is 18.2. The van der Waals surface area contributed by atoms with Gasteiger partial charge in [-0.1, -0.05) is 0 Å². The molecule has 0 aromatic heterocycles. The van der Waals surface area contributed by atoms with E-state index < -0.39 is 90.5 Å². The van der Waals surface area contributed by atoms with E-state index in [2.05, 4.69) is 10.6 Å². The highest BCUT2D eigenvalue weighted by molar-refractivity contribution is 8.02. The molecule has 17 nitrogen and oxygen atoms in total. The summed E-state index contributed by atoms with van der Waals surface area (Å²) in [6, 6.07) is 5.62. The summed E-state index contributed by atoms with van der Waals surface area (Å²) in [6.07, 6.45) is 0. The van der Waals surface area contributed by atoms with Gasteiger partial charge in [-0.3, -0.25) is 28.8 Å². The SMILES string of the molecule is COc1cc(C(=O)NC2(C(C)=O)C(=O)N3[C@@H](C(=O)Oc4ccc(C(=O)NC5(C(C)=O)C(=O)N6[C@@H](C(=O)O)C(C)(C)S[C@@H]65)cc4)C(C)(C)S[C@@H]32)cc(OC)c1OC. The Balaban J connectivity index is 1.17. The van der Waals surface area contributed by atoms with Gasteiger partial charge in [-0.05, 0) is 77.9 Å². The number of thioether (sulfide) groups is 2. The molecule has 4 aliphatic heterocycles. The minimum atomic E-state index is -2.00. The Morgan fingerprint density at radius 2 is 1.11 bits per heavy atom. The zero-order valence-electron chi connectivity index (χ0n) is 31.8. The molecule has 0 radical (unpaired) electrons. The number of nitrogens with zero attached hydrogens (tertiary/aromatic N) is 2. The highest BCUT2D eigenvalue weighted by Gasteiger charge is 2.75. The average Bonchev–Trinajstić information content (AvgIpc) is 3.56. The van der Waals surface area contributed by atoms with Crippen LogP contribution >= 0.6 is 23.5 Å². The second kappa shape index (κ2) is 13.7. The number of esters is 1. The summed E-state index contributed by atoms with van der Waals surface area (Å²) < 4.78 is 19.7. The number of carboxylic acids is 1. The van der Waals surface area contributed by atoms with Crippen LogP contribution in [0.1, 0.15) is 62.3 Å². The van der Waals surface area contributed by atoms with Gasteiger partial charge >= 0.3 is 11.9 Å². The fourth-order valence-electron chi connectivity index (χ4n) is 7.72. The van der Waals surface area contributed by atoms with Crippen LogP contribution in [0.15, 0.2) is 36.4 Å². The number of aliphatic carboxylic acids is 1. The van der Waals surface area contributed by atoms with E-state index in [1.807, 2.05) is 0 Å². The molecule has 19 heteroatoms. The number of ether oxygens (including phenoxy) is 4. The Bertz CT molecular complexity index is 2080. The Hall–Kier alpha value is -5.30. The van der Waals surface area contributed by atoms with Crippen LogP contribution in [0.2, 0.25) is 0 Å². The third kappa shape index (κ3) is 5.76. The molecular formula is C37H40N4O13S2. The van der Waals surface area contributed by atoms with Gasteiger partial charge in [0.15, 0.2) is 23.1 Å². The number of ketones is 2. The number of β-lactam (4-membered cyclic amide) rings is 2. The van der Waals surface area contributed by atoms with Crippen LogP contribution in [0.5, 0.6) is 23.0 Å². The van der Waals surface area contributed by atoms with Crippen molar-refractivity contribution in [3.8, 4) is 23.0 Å². The number of methoxy groups -OCH3 is 3. The van der Waals surface area contributed by atoms with Crippen molar-refractivity contribution in [1.82, 2.24) is 20.4 Å². The highest BCUT2D eigenvalue weighted by atomic mass is 32.2. The maximum absolute atomic E-state index is 13.9. The van der Waals surface area contributed by atoms with Gasteiger partial charge in [-0.15, -0.1) is 23.5 Å². The van der Waals surface area contributed by atoms with Crippen molar-refractivity contribution in [1.29, 1.82) is 0 Å². The van der Waals surface area contributed by atoms with Crippen LogP contribution in [0.25, 0.3) is 0 Å². The first-order valence-corrected chi connectivity index (χ1v) is 18.9. The molecule has 56 heavy (non-hydrogen) atoms. The van der Waals surface area contributed by atoms with Gasteiger partial charge in [-0.2, -0.15) is 0 Å². The number of amides is 4. The number of carbonyl (C=O) groups is 8. The van der Waals surface area contributed by atoms with Gasteiger partial charge in [0.25, 0.3) is 23.6 Å². The van der Waals surface area contributed by atoms with Crippen molar-refractivity contribution in [3.05, 3.63) is 47.5 Å². The van der Waals surface area contributed by atoms with E-state index >= 15 is 0 Å². The molecule has 298 valence electrons. The van der Waals surface area contributed by atoms with Crippen LogP contribution in [-0.2, 0) is 28.8 Å². The fourth-order valence-corrected chi connectivity index (χ4v) is 11.2. The monoisotopic (exact) mass is 812 g/mol. The Morgan fingerprint density at radius 1 is 0.679 bits per heavy atom. The van der Waals surface area contributed by atoms with Gasteiger partial charge in [0.05, 0.1) is 21.3 Å². The van der Waals surface area contributed by atoms with Crippen molar-refractivity contribution in [2.75, 3.05) is 21.3 Å². The number of fused-ring (bicyclic) bond motifs is 2. The molecular weight excluding hydrogens is 773 g/mol. The lowest BCUT2D eigenvalue weighted by molar-refractivity contribution is -0.170. The molecule has 2 aromatic rings. The molecule has 6 rings (SSSR count). The molecule has 4 heterocycles. The lowest BCUT2D eigenvalue weighted by Crippen LogP contribution is -2.82. The summed E-state index contributed by atoms with van der Waals surface area (Å²) in [7, 11) is 4.14. The first-order valence-electron chi connectivity index (χ1n) is 17.2. The molecule has 0 saturated carbocycles. The number of hydrogen-bond acceptors (Lipinski definition) is 14. The van der Waals surface area contributed by atoms with Gasteiger partial charge in [0.2, 0.25) is 16.8 Å². The smallest absolute Gasteiger partial charge is 0.335 e. The van der Waals surface area contributed by atoms with E-state index in [1.54, 1.807) is 27.7 Å². The summed E-state index contributed by atoms with van der Waals surface area (Å²) in [5.74, 6) is -5.95. The summed E-state index contributed by atoms with van der Waals surface area (Å²) in [4.78, 5) is 108. The lowest BCUT2D eigenvalue weighted by Gasteiger charge is -2.51. The van der Waals surface area contributed by atoms with E-state index in [-0.39, 0.29) is 34.1 Å². The van der Waals surface area contributed by atoms with Gasteiger partial charge in [0.1, 0.15) is 28.6 Å². The first kappa shape index (κ1) is 40.4. The topological polar surface area (TPSA) is 224 Å². The highest BCUT2D eigenvalue weighted by Crippen LogP contribution is 2.56. The molecule has 3 N–H and O–H groups in total. The molecule has 0 spiro atoms. The Labute approximate surface area is 329 Å². The summed E-state index contributed by atoms with van der Waals surface area (Å²) in [5, 5.41) is 13.0. The Morgan fingerprint density at radius 3 is 1.52 bits per heavy atom. The molecule has 2 unspecified atom stereocenters. The lowest BCUT2D eigenvalue weighted by atomic mass is 9.81. The molecule has 4 aliphatic rings. The van der Waals surface area contributed by atoms with Crippen LogP contribution in [0.4, 0.5) is 0 Å². The number of Topliss-reactive ketones (excluding diaryl/α,β-unsaturated/α-hetero) is 2. The number of benzene rings is 2. The van der Waals surface area contributed by atoms with Crippen LogP contribution < -0.4 is 29.6 Å². The minimum Gasteiger partial charge on any atom is -0.493 e. The second-order valence-electron chi connectivity index (χ2n) is 14.7. The molecule has 6 atom stereocenters. The maximum atomic E-state index is 13.9. The molecule has 4 saturated heterocycles. The van der Waals surface area contributed by atoms with Gasteiger partial charge < -0.3 is 44.5 Å². The Kier molecular flexibility index (Phi) is 9.89. The molecule has 2 aromatic carbocycles. The summed E-state index contributed by atoms with van der Waals surface area (Å²) >= 11 is 2.26. The van der Waals surface area contributed by atoms with Crippen molar-refractivity contribution in [2.24, 2.45) is 0 Å². The standard InChI is InChI=1S/C37H40N4O13S2/c1-16(42)36(30(49)40-24(28(46)47)34(3,4)55-32(36)40)38-26(44)18-10-12-20(13-11-18)54-29(48)25-35(5,6)56-33-37(17(2)43,31(50)41(25)33)39-27(45)19-14-21(51-7)23(53-9)22(15-19)52-8/h10-15,24-25,32-33H,1-9H3,(H,38,44)(H,39,45)(H,46,47)/t24-,25-,32+,33+,36?,37?/m0/s1. The van der Waals surface area contributed by atoms with E-state index in [0.717, 1.165) is 35.3 Å². The summed E-state index contributed by atoms with van der Waals surface area (Å²) in [5.41, 5.74) is -3.94. The number of hydrogen-bond donors (Lipinski definition) is 3. The zero-order valence-corrected chi connectivity index (χ0v) is 33.5. The number of carboxylic acid groups (broad SMARTS) is 1. The maximum Gasteiger partial charge on any atom is 0.335 e. The average molecular weight is 813 g/mol. The first-order chi connectivity index (χ1) is 26.1. The minimum absolute atomic E-state index is 0.00174. The molecule has 4 amide bonds. The quantitative estimate of drug-likeness (QED) is 0.120. The zero-order chi connectivity index (χ0) is 41.4. The predicted octanol–water partition coefficient (Wildman–Crippen LogP) is 1.64. The van der Waals surface area contributed by atoms with E-state index in [4.69, 9.17) is 18.9 Å². The number of rotatable bonds is 12. The number of carbonyl (C=O) groups excluding carboxylic acids is 7. The van der Waals surface area contributed by atoms with Crippen LogP contribution in [-0.4, -0.2) is 127 Å². The van der Waals surface area contributed by atoms with Crippen molar-refractivity contribution in [3.63, 3.8) is 0 Å². The summed E-state index contributed by atoms with van der Waals surface area (Å²) in [6.45, 7) is 9.03. The molecule has 4 fully saturated rings. The predicted molar refractivity (Wildman–Crippen MR) is 200 cm³/mol. The van der Waals surface area contributed by atoms with E-state index in [1.165, 1.54) is 69.6 Å². The van der Waals surface area contributed by atoms with E-state index in [0.29, 0.717) is 0 Å². The van der Waals surface area contributed by atoms with Crippen molar-refractivity contribution >= 4 is 70.7 Å². The van der Waals surface area contributed by atoms with E-state index in [9.17, 15) is 43.5 Å². The van der Waals surface area contributed by atoms with Crippen molar-refractivity contribution in [2.45, 2.75) is 84.9 Å². The number of nitrogens with one attached hydrogen (secondary N) is 2. The molecule has 0 aliphatic carbocycles. The van der Waals surface area contributed by atoms with Gasteiger partial charge in [-0.25, -0.2) is 9.59 Å². The third-order valence-electron chi connectivity index (χ3n) is 10.5. The fraction of sp³-hybridized carbons (Fsp3) is 0.459. The van der Waals surface area contributed by atoms with Crippen LogP contribution in [0, 0.1) is 0 Å². The van der Waals surface area contributed by atoms with Crippen LogP contribution in [0.3, 0.4) is 0 Å². The largest absolute Gasteiger partial charge is 0.493 e. The third-order valence-corrected chi connectivity index (χ3v) is 13.8. The molecule has 0 bridgehead atoms. The van der Waals surface area contributed by atoms with Crippen molar-refractivity contribution < 1.29 is 62.4 Å².